The van der Waals surface area contributed by atoms with Crippen molar-refractivity contribution in [3.05, 3.63) is 0 Å². The molecule has 0 spiro atoms. The zero-order chi connectivity index (χ0) is 33.4. The van der Waals surface area contributed by atoms with Gasteiger partial charge in [0.15, 0.2) is 12.6 Å². The van der Waals surface area contributed by atoms with Crippen LogP contribution in [-0.4, -0.2) is 189 Å². The molecule has 0 aromatic carbocycles. The SMILES string of the molecule is COC1CC(C2OC3CC(O)CC(O)C3CC2O[C@@H]2O[C@H](CO[C@H]3O[C@H](CO)[C@@H](O)[C@@H](O)[C@@H]3O)[C@@H](O)[C@@H](O)[C@H]2O)CC(OC)C1O. The van der Waals surface area contributed by atoms with Gasteiger partial charge in [-0.25, -0.2) is 0 Å². The average molecular weight is 671 g/mol. The molecular formula is C29H50O17. The Kier molecular flexibility index (Phi) is 12.3. The van der Waals surface area contributed by atoms with Crippen LogP contribution in [0.3, 0.4) is 0 Å². The first-order valence-corrected chi connectivity index (χ1v) is 15.9. The Hall–Kier alpha value is -0.680. The third kappa shape index (κ3) is 7.41. The number of aliphatic hydroxyl groups excluding tert-OH is 10. The molecule has 2 saturated carbocycles. The molecule has 0 bridgehead atoms. The van der Waals surface area contributed by atoms with Crippen LogP contribution in [0.1, 0.15) is 32.1 Å². The second-order valence-corrected chi connectivity index (χ2v) is 13.2. The van der Waals surface area contributed by atoms with E-state index in [1.165, 1.54) is 14.2 Å². The van der Waals surface area contributed by atoms with Crippen molar-refractivity contribution in [3.8, 4) is 0 Å². The minimum absolute atomic E-state index is 0.153. The molecule has 46 heavy (non-hydrogen) atoms. The highest BCUT2D eigenvalue weighted by molar-refractivity contribution is 5.00. The molecule has 18 atom stereocenters. The van der Waals surface area contributed by atoms with E-state index in [0.717, 1.165) is 0 Å². The van der Waals surface area contributed by atoms with Gasteiger partial charge in [0, 0.05) is 20.1 Å². The van der Waals surface area contributed by atoms with Crippen molar-refractivity contribution < 1.29 is 84.2 Å². The van der Waals surface area contributed by atoms with Crippen molar-refractivity contribution in [2.45, 2.75) is 142 Å². The normalized spacial score (nSPS) is 53.5. The van der Waals surface area contributed by atoms with Crippen molar-refractivity contribution in [2.75, 3.05) is 27.4 Å². The maximum absolute atomic E-state index is 10.9. The van der Waals surface area contributed by atoms with Crippen LogP contribution in [0.2, 0.25) is 0 Å². The lowest BCUT2D eigenvalue weighted by atomic mass is 9.72. The summed E-state index contributed by atoms with van der Waals surface area (Å²) in [5.41, 5.74) is 0. The highest BCUT2D eigenvalue weighted by Gasteiger charge is 2.53. The monoisotopic (exact) mass is 670 g/mol. The first-order valence-electron chi connectivity index (χ1n) is 15.9. The second-order valence-electron chi connectivity index (χ2n) is 13.2. The molecule has 3 saturated heterocycles. The fourth-order valence-electron chi connectivity index (χ4n) is 7.63. The summed E-state index contributed by atoms with van der Waals surface area (Å²) in [4.78, 5) is 0. The Morgan fingerprint density at radius 2 is 1.17 bits per heavy atom. The summed E-state index contributed by atoms with van der Waals surface area (Å²) in [5.74, 6) is -0.709. The molecule has 8 unspecified atom stereocenters. The Balaban J connectivity index is 1.32. The van der Waals surface area contributed by atoms with Crippen LogP contribution >= 0.6 is 0 Å². The molecule has 0 radical (unpaired) electrons. The quantitative estimate of drug-likeness (QED) is 0.110. The lowest BCUT2D eigenvalue weighted by molar-refractivity contribution is -0.347. The third-order valence-electron chi connectivity index (χ3n) is 10.3. The van der Waals surface area contributed by atoms with E-state index in [-0.39, 0.29) is 18.8 Å². The fraction of sp³-hybridized carbons (Fsp3) is 1.00. The van der Waals surface area contributed by atoms with Gasteiger partial charge in [-0.15, -0.1) is 0 Å². The van der Waals surface area contributed by atoms with Crippen molar-refractivity contribution in [3.63, 3.8) is 0 Å². The van der Waals surface area contributed by atoms with Gasteiger partial charge in [0.1, 0.15) is 54.9 Å². The van der Waals surface area contributed by atoms with Crippen molar-refractivity contribution in [1.29, 1.82) is 0 Å². The van der Waals surface area contributed by atoms with Gasteiger partial charge in [0.2, 0.25) is 0 Å². The Morgan fingerprint density at radius 3 is 1.78 bits per heavy atom. The first kappa shape index (κ1) is 36.6. The van der Waals surface area contributed by atoms with E-state index in [4.69, 9.17) is 33.2 Å². The summed E-state index contributed by atoms with van der Waals surface area (Å²) in [5, 5.41) is 104. The van der Waals surface area contributed by atoms with Gasteiger partial charge < -0.3 is 84.2 Å². The zero-order valence-corrected chi connectivity index (χ0v) is 25.8. The third-order valence-corrected chi connectivity index (χ3v) is 10.3. The molecule has 5 rings (SSSR count). The summed E-state index contributed by atoms with van der Waals surface area (Å²) in [6.07, 6.45) is -20.0. The van der Waals surface area contributed by atoms with Gasteiger partial charge in [-0.1, -0.05) is 0 Å². The minimum Gasteiger partial charge on any atom is -0.394 e. The molecule has 268 valence electrons. The molecule has 5 fully saturated rings. The maximum Gasteiger partial charge on any atom is 0.187 e. The van der Waals surface area contributed by atoms with Crippen LogP contribution < -0.4 is 0 Å². The van der Waals surface area contributed by atoms with Gasteiger partial charge in [-0.05, 0) is 38.0 Å². The van der Waals surface area contributed by atoms with Gasteiger partial charge in [0.05, 0.1) is 55.9 Å². The van der Waals surface area contributed by atoms with Crippen LogP contribution in [-0.2, 0) is 33.2 Å². The van der Waals surface area contributed by atoms with E-state index in [0.29, 0.717) is 19.3 Å². The van der Waals surface area contributed by atoms with Crippen molar-refractivity contribution >= 4 is 0 Å². The number of hydrogen-bond donors (Lipinski definition) is 10. The molecule has 0 amide bonds. The van der Waals surface area contributed by atoms with Crippen molar-refractivity contribution in [2.24, 2.45) is 11.8 Å². The summed E-state index contributed by atoms with van der Waals surface area (Å²) >= 11 is 0. The van der Waals surface area contributed by atoms with E-state index < -0.39 is 129 Å². The smallest absolute Gasteiger partial charge is 0.187 e. The van der Waals surface area contributed by atoms with Crippen LogP contribution in [0.15, 0.2) is 0 Å². The average Bonchev–Trinajstić information content (AvgIpc) is 3.04. The number of hydrogen-bond acceptors (Lipinski definition) is 17. The van der Waals surface area contributed by atoms with Gasteiger partial charge in [0.25, 0.3) is 0 Å². The molecule has 17 heteroatoms. The predicted octanol–water partition coefficient (Wildman–Crippen LogP) is -4.91. The Labute approximate surface area is 266 Å². The lowest BCUT2D eigenvalue weighted by Gasteiger charge is -2.52. The van der Waals surface area contributed by atoms with Crippen LogP contribution in [0, 0.1) is 11.8 Å². The Morgan fingerprint density at radius 1 is 0.587 bits per heavy atom. The van der Waals surface area contributed by atoms with Crippen molar-refractivity contribution in [1.82, 2.24) is 0 Å². The molecule has 17 nitrogen and oxygen atoms in total. The maximum atomic E-state index is 10.9. The molecule has 2 aliphatic carbocycles. The molecule has 3 heterocycles. The second kappa shape index (κ2) is 15.5. The fourth-order valence-corrected chi connectivity index (χ4v) is 7.63. The van der Waals surface area contributed by atoms with Gasteiger partial charge in [-0.2, -0.15) is 0 Å². The Bertz CT molecular complexity index is 947. The summed E-state index contributed by atoms with van der Waals surface area (Å²) in [7, 11) is 2.96. The van der Waals surface area contributed by atoms with E-state index in [2.05, 4.69) is 0 Å². The molecule has 0 aromatic rings. The number of rotatable bonds is 9. The predicted molar refractivity (Wildman–Crippen MR) is 150 cm³/mol. The molecular weight excluding hydrogens is 620 g/mol. The van der Waals surface area contributed by atoms with E-state index in [1.54, 1.807) is 0 Å². The van der Waals surface area contributed by atoms with Gasteiger partial charge in [-0.3, -0.25) is 0 Å². The molecule has 5 aliphatic rings. The number of ether oxygens (including phenoxy) is 7. The number of aliphatic hydroxyl groups is 10. The molecule has 10 N–H and O–H groups in total. The summed E-state index contributed by atoms with van der Waals surface area (Å²) in [6.45, 7) is -1.20. The number of fused-ring (bicyclic) bond motifs is 1. The van der Waals surface area contributed by atoms with E-state index in [9.17, 15) is 51.1 Å². The minimum atomic E-state index is -1.76. The highest BCUT2D eigenvalue weighted by Crippen LogP contribution is 2.44. The summed E-state index contributed by atoms with van der Waals surface area (Å²) in [6, 6.07) is 0. The molecule has 0 aromatic heterocycles. The van der Waals surface area contributed by atoms with E-state index in [1.807, 2.05) is 0 Å². The zero-order valence-electron chi connectivity index (χ0n) is 25.8. The van der Waals surface area contributed by atoms with Crippen LogP contribution in [0.5, 0.6) is 0 Å². The molecule has 3 aliphatic heterocycles. The largest absolute Gasteiger partial charge is 0.394 e. The topological polar surface area (TPSA) is 267 Å². The van der Waals surface area contributed by atoms with Crippen LogP contribution in [0.4, 0.5) is 0 Å². The van der Waals surface area contributed by atoms with Crippen LogP contribution in [0.25, 0.3) is 0 Å². The lowest BCUT2D eigenvalue weighted by Crippen LogP contribution is -2.63. The highest BCUT2D eigenvalue weighted by atomic mass is 16.7. The van der Waals surface area contributed by atoms with Gasteiger partial charge >= 0.3 is 0 Å². The first-order chi connectivity index (χ1) is 21.9. The van der Waals surface area contributed by atoms with E-state index >= 15 is 0 Å². The standard InChI is InChI=1S/C29H50O17/c1-40-15-3-10(4-16(41-2)20(15)33)27-17(7-12-13(32)5-11(31)6-14(12)43-27)44-29-26(39)24(37)22(35)19(46-29)9-42-28-25(38)23(36)21(34)18(8-30)45-28/h10-39H,3-9H2,1-2H3/t10?,11?,12?,13?,14?,15?,16?,17?,18-,19-,20?,21-,22-,23-,24-,25+,26-,27?,28+,29-/m1/s1. The summed E-state index contributed by atoms with van der Waals surface area (Å²) < 4.78 is 40.6. The number of methoxy groups -OCH3 is 2.